The molecule has 0 unspecified atom stereocenters. The van der Waals surface area contributed by atoms with E-state index in [4.69, 9.17) is 14.2 Å². The number of ether oxygens (including phenoxy) is 3. The second-order valence-corrected chi connectivity index (χ2v) is 4.17. The minimum atomic E-state index is 0.143. The van der Waals surface area contributed by atoms with Crippen LogP contribution in [0.25, 0.3) is 10.9 Å². The van der Waals surface area contributed by atoms with Crippen LogP contribution in [-0.4, -0.2) is 29.2 Å². The van der Waals surface area contributed by atoms with Crippen molar-refractivity contribution >= 4 is 10.9 Å². The Labute approximate surface area is 121 Å². The first kappa shape index (κ1) is 13.1. The number of rotatable bonds is 4. The molecule has 1 aromatic carbocycles. The molecule has 0 radical (unpaired) electrons. The van der Waals surface area contributed by atoms with Gasteiger partial charge in [0.05, 0.1) is 20.3 Å². The lowest BCUT2D eigenvalue weighted by atomic mass is 10.2. The minimum Gasteiger partial charge on any atom is -0.481 e. The molecule has 0 atom stereocenters. The summed E-state index contributed by atoms with van der Waals surface area (Å²) in [5, 5.41) is 0.977. The first-order chi connectivity index (χ1) is 10.3. The highest BCUT2D eigenvalue weighted by atomic mass is 16.5. The fourth-order valence-corrected chi connectivity index (χ4v) is 1.90. The average Bonchev–Trinajstić information content (AvgIpc) is 2.55. The first-order valence-electron chi connectivity index (χ1n) is 6.29. The highest BCUT2D eigenvalue weighted by Gasteiger charge is 2.10. The van der Waals surface area contributed by atoms with E-state index < -0.39 is 0 Å². The summed E-state index contributed by atoms with van der Waals surface area (Å²) in [7, 11) is 3.04. The van der Waals surface area contributed by atoms with Gasteiger partial charge in [-0.25, -0.2) is 0 Å². The maximum atomic E-state index is 5.73. The zero-order valence-corrected chi connectivity index (χ0v) is 11.6. The molecule has 21 heavy (non-hydrogen) atoms. The summed E-state index contributed by atoms with van der Waals surface area (Å²) in [4.78, 5) is 12.6. The van der Waals surface area contributed by atoms with Crippen molar-refractivity contribution in [2.24, 2.45) is 0 Å². The fraction of sp³-hybridized carbons (Fsp3) is 0.133. The lowest BCUT2D eigenvalue weighted by Crippen LogP contribution is -1.98. The van der Waals surface area contributed by atoms with Crippen LogP contribution in [0.15, 0.2) is 42.6 Å². The van der Waals surface area contributed by atoms with Crippen molar-refractivity contribution in [3.63, 3.8) is 0 Å². The van der Waals surface area contributed by atoms with Gasteiger partial charge in [0.1, 0.15) is 5.52 Å². The van der Waals surface area contributed by atoms with Gasteiger partial charge in [-0.2, -0.15) is 9.97 Å². The molecule has 3 rings (SSSR count). The number of pyridine rings is 1. The average molecular weight is 283 g/mol. The molecule has 2 aromatic heterocycles. The molecule has 0 fully saturated rings. The van der Waals surface area contributed by atoms with Crippen molar-refractivity contribution in [2.45, 2.75) is 0 Å². The van der Waals surface area contributed by atoms with Gasteiger partial charge in [-0.3, -0.25) is 4.98 Å². The number of aromatic nitrogens is 3. The third-order valence-electron chi connectivity index (χ3n) is 2.87. The van der Waals surface area contributed by atoms with E-state index >= 15 is 0 Å². The number of nitrogens with zero attached hydrogens (tertiary/aromatic N) is 3. The summed E-state index contributed by atoms with van der Waals surface area (Å²) < 4.78 is 15.9. The smallest absolute Gasteiger partial charge is 0.328 e. The lowest BCUT2D eigenvalue weighted by molar-refractivity contribution is 0.348. The van der Waals surface area contributed by atoms with Crippen LogP contribution in [0.3, 0.4) is 0 Å². The van der Waals surface area contributed by atoms with Gasteiger partial charge in [-0.05, 0) is 12.1 Å². The molecule has 3 aromatic rings. The summed E-state index contributed by atoms with van der Waals surface area (Å²) in [5.74, 6) is 1.30. The van der Waals surface area contributed by atoms with E-state index in [-0.39, 0.29) is 6.01 Å². The van der Waals surface area contributed by atoms with Crippen LogP contribution in [0.5, 0.6) is 23.5 Å². The maximum absolute atomic E-state index is 5.73. The summed E-state index contributed by atoms with van der Waals surface area (Å²) in [6, 6.07) is 11.2. The van der Waals surface area contributed by atoms with E-state index in [0.29, 0.717) is 17.5 Å². The summed E-state index contributed by atoms with van der Waals surface area (Å²) in [6.07, 6.45) is 1.71. The summed E-state index contributed by atoms with van der Waals surface area (Å²) >= 11 is 0. The predicted molar refractivity (Wildman–Crippen MR) is 77.0 cm³/mol. The van der Waals surface area contributed by atoms with Crippen LogP contribution >= 0.6 is 0 Å². The maximum Gasteiger partial charge on any atom is 0.328 e. The second-order valence-electron chi connectivity index (χ2n) is 4.17. The molecule has 0 aliphatic carbocycles. The van der Waals surface area contributed by atoms with Crippen LogP contribution in [-0.2, 0) is 0 Å². The number of hydrogen-bond donors (Lipinski definition) is 0. The Morgan fingerprint density at radius 3 is 2.33 bits per heavy atom. The Kier molecular flexibility index (Phi) is 3.51. The van der Waals surface area contributed by atoms with Crippen molar-refractivity contribution in [3.05, 3.63) is 42.6 Å². The first-order valence-corrected chi connectivity index (χ1v) is 6.29. The van der Waals surface area contributed by atoms with Crippen LogP contribution < -0.4 is 14.2 Å². The second kappa shape index (κ2) is 5.62. The molecular formula is C15H13N3O3. The summed E-state index contributed by atoms with van der Waals surface area (Å²) in [6.45, 7) is 0. The molecule has 0 saturated carbocycles. The lowest BCUT2D eigenvalue weighted by Gasteiger charge is -2.08. The van der Waals surface area contributed by atoms with Crippen LogP contribution in [0.4, 0.5) is 0 Å². The van der Waals surface area contributed by atoms with Gasteiger partial charge in [0.2, 0.25) is 11.8 Å². The van der Waals surface area contributed by atoms with E-state index in [1.165, 1.54) is 14.2 Å². The van der Waals surface area contributed by atoms with E-state index in [9.17, 15) is 0 Å². The number of benzene rings is 1. The standard InChI is InChI=1S/C15H13N3O3/c1-19-12-9-13(20-2)18-15(17-12)21-11-7-3-5-10-6-4-8-16-14(10)11/h3-9H,1-2H3. The Morgan fingerprint density at radius 1 is 0.905 bits per heavy atom. The molecule has 106 valence electrons. The molecule has 0 N–H and O–H groups in total. The fourth-order valence-electron chi connectivity index (χ4n) is 1.90. The SMILES string of the molecule is COc1cc(OC)nc(Oc2cccc3cccnc23)n1. The highest BCUT2D eigenvalue weighted by molar-refractivity contribution is 5.84. The number of para-hydroxylation sites is 1. The van der Waals surface area contributed by atoms with Crippen molar-refractivity contribution in [3.8, 4) is 23.5 Å². The largest absolute Gasteiger partial charge is 0.481 e. The Bertz CT molecular complexity index is 749. The van der Waals surface area contributed by atoms with Gasteiger partial charge in [0, 0.05) is 11.6 Å². The van der Waals surface area contributed by atoms with E-state index in [2.05, 4.69) is 15.0 Å². The molecule has 0 spiro atoms. The third-order valence-corrected chi connectivity index (χ3v) is 2.87. The number of hydrogen-bond acceptors (Lipinski definition) is 6. The van der Waals surface area contributed by atoms with Crippen LogP contribution in [0, 0.1) is 0 Å². The Hall–Kier alpha value is -2.89. The molecule has 0 saturated heterocycles. The van der Waals surface area contributed by atoms with Gasteiger partial charge >= 0.3 is 6.01 Å². The predicted octanol–water partition coefficient (Wildman–Crippen LogP) is 2.83. The molecule has 6 heteroatoms. The molecule has 6 nitrogen and oxygen atoms in total. The van der Waals surface area contributed by atoms with E-state index in [1.54, 1.807) is 12.3 Å². The van der Waals surface area contributed by atoms with Gasteiger partial charge in [0.15, 0.2) is 5.75 Å². The molecule has 2 heterocycles. The van der Waals surface area contributed by atoms with Crippen molar-refractivity contribution < 1.29 is 14.2 Å². The third kappa shape index (κ3) is 2.69. The monoisotopic (exact) mass is 283 g/mol. The van der Waals surface area contributed by atoms with Gasteiger partial charge < -0.3 is 14.2 Å². The Balaban J connectivity index is 2.02. The van der Waals surface area contributed by atoms with Crippen molar-refractivity contribution in [1.29, 1.82) is 0 Å². The molecule has 0 aliphatic rings. The topological polar surface area (TPSA) is 66.4 Å². The van der Waals surface area contributed by atoms with Gasteiger partial charge in [-0.1, -0.05) is 18.2 Å². The molecule has 0 bridgehead atoms. The zero-order valence-electron chi connectivity index (χ0n) is 11.6. The molecular weight excluding hydrogens is 270 g/mol. The minimum absolute atomic E-state index is 0.143. The van der Waals surface area contributed by atoms with Crippen LogP contribution in [0.2, 0.25) is 0 Å². The zero-order chi connectivity index (χ0) is 14.7. The number of fused-ring (bicyclic) bond motifs is 1. The van der Waals surface area contributed by atoms with Crippen molar-refractivity contribution in [1.82, 2.24) is 15.0 Å². The Morgan fingerprint density at radius 2 is 1.62 bits per heavy atom. The van der Waals surface area contributed by atoms with Crippen molar-refractivity contribution in [2.75, 3.05) is 14.2 Å². The van der Waals surface area contributed by atoms with Crippen LogP contribution in [0.1, 0.15) is 0 Å². The highest BCUT2D eigenvalue weighted by Crippen LogP contribution is 2.28. The van der Waals surface area contributed by atoms with E-state index in [1.807, 2.05) is 30.3 Å². The summed E-state index contributed by atoms with van der Waals surface area (Å²) in [5.41, 5.74) is 0.741. The van der Waals surface area contributed by atoms with E-state index in [0.717, 1.165) is 10.9 Å². The quantitative estimate of drug-likeness (QED) is 0.733. The molecule has 0 amide bonds. The normalized spacial score (nSPS) is 10.4. The van der Waals surface area contributed by atoms with Gasteiger partial charge in [0.25, 0.3) is 0 Å². The van der Waals surface area contributed by atoms with Gasteiger partial charge in [-0.15, -0.1) is 0 Å². The number of methoxy groups -OCH3 is 2. The molecule has 0 aliphatic heterocycles.